The van der Waals surface area contributed by atoms with Crippen molar-refractivity contribution in [2.75, 3.05) is 11.9 Å². The summed E-state index contributed by atoms with van der Waals surface area (Å²) < 4.78 is 28.8. The third kappa shape index (κ3) is 3.78. The van der Waals surface area contributed by atoms with Gasteiger partial charge in [0.05, 0.1) is 29.8 Å². The van der Waals surface area contributed by atoms with Crippen molar-refractivity contribution in [3.05, 3.63) is 70.9 Å². The maximum Gasteiger partial charge on any atom is 0.257 e. The Labute approximate surface area is 205 Å². The van der Waals surface area contributed by atoms with E-state index in [1.807, 2.05) is 17.0 Å². The highest BCUT2D eigenvalue weighted by Gasteiger charge is 2.41. The van der Waals surface area contributed by atoms with Crippen molar-refractivity contribution < 1.29 is 23.5 Å². The van der Waals surface area contributed by atoms with Gasteiger partial charge in [0.25, 0.3) is 5.91 Å². The van der Waals surface area contributed by atoms with Gasteiger partial charge in [0.1, 0.15) is 23.0 Å². The number of aromatic nitrogens is 2. The molecule has 1 aromatic heterocycles. The third-order valence-electron chi connectivity index (χ3n) is 7.16. The van der Waals surface area contributed by atoms with Crippen molar-refractivity contribution in [3.8, 4) is 11.4 Å². The molecule has 0 unspecified atom stereocenters. The highest BCUT2D eigenvalue weighted by Crippen LogP contribution is 2.36. The number of aliphatic hydroxyl groups is 1. The normalized spacial score (nSPS) is 22.9. The maximum atomic E-state index is 14.4. The van der Waals surface area contributed by atoms with E-state index >= 15 is 0 Å². The molecule has 2 amide bonds. The zero-order valence-electron chi connectivity index (χ0n) is 19.2. The summed E-state index contributed by atoms with van der Waals surface area (Å²) >= 11 is 0. The Morgan fingerprint density at radius 2 is 1.72 bits per heavy atom. The summed E-state index contributed by atoms with van der Waals surface area (Å²) in [5.74, 6) is -2.13. The number of carbonyl (C=O) groups excluding carboxylic acids is 2. The number of rotatable bonds is 5. The van der Waals surface area contributed by atoms with Gasteiger partial charge < -0.3 is 20.6 Å². The van der Waals surface area contributed by atoms with Crippen molar-refractivity contribution in [1.82, 2.24) is 20.2 Å². The summed E-state index contributed by atoms with van der Waals surface area (Å²) in [6.07, 6.45) is 1.68. The molecule has 2 aromatic carbocycles. The first-order valence-corrected chi connectivity index (χ1v) is 11.9. The molecule has 0 bridgehead atoms. The molecule has 36 heavy (non-hydrogen) atoms. The second-order valence-corrected chi connectivity index (χ2v) is 9.40. The molecular weight excluding hydrogens is 468 g/mol. The molecular formula is C26H23F2N5O3. The number of benzene rings is 2. The Kier molecular flexibility index (Phi) is 5.40. The molecule has 184 valence electrons. The number of hydrogen-bond donors (Lipinski definition) is 3. The highest BCUT2D eigenvalue weighted by molar-refractivity contribution is 6.03. The summed E-state index contributed by atoms with van der Waals surface area (Å²) in [5.41, 5.74) is 1.70. The Balaban J connectivity index is 1.27. The molecule has 10 heteroatoms. The van der Waals surface area contributed by atoms with Crippen LogP contribution in [0.4, 0.5) is 20.3 Å². The van der Waals surface area contributed by atoms with Crippen LogP contribution < -0.4 is 10.6 Å². The van der Waals surface area contributed by atoms with Gasteiger partial charge in [-0.3, -0.25) is 9.59 Å². The van der Waals surface area contributed by atoms with Crippen molar-refractivity contribution in [1.29, 1.82) is 0 Å². The number of hydrogen-bond acceptors (Lipinski definition) is 6. The average molecular weight is 491 g/mol. The molecule has 8 nitrogen and oxygen atoms in total. The molecule has 2 aliphatic heterocycles. The summed E-state index contributed by atoms with van der Waals surface area (Å²) in [4.78, 5) is 35.8. The second kappa shape index (κ2) is 8.63. The lowest BCUT2D eigenvalue weighted by molar-refractivity contribution is -0.134. The molecule has 1 saturated carbocycles. The number of likely N-dealkylation sites (tertiary alicyclic amines) is 1. The standard InChI is InChI=1S/C26H23F2N5O3/c27-18-2-1-3-19(28)21(18)23-31-20-12-29-25(35)22(20)24(32-23)30-14-6-4-13(5-7-14)17-8-9-33(26(17)36)15-10-16(34)11-15/h1-7,15-17,34H,8-12H2,(H,29,35)(H,30,31,32)/t15-,16+,17-/m0/s1. The number of halogens is 2. The smallest absolute Gasteiger partial charge is 0.257 e. The van der Waals surface area contributed by atoms with Gasteiger partial charge in [0, 0.05) is 18.3 Å². The Hall–Kier alpha value is -3.92. The number of carbonyl (C=O) groups is 2. The maximum absolute atomic E-state index is 14.4. The van der Waals surface area contributed by atoms with Crippen LogP contribution in [0.2, 0.25) is 0 Å². The molecule has 1 saturated heterocycles. The van der Waals surface area contributed by atoms with Gasteiger partial charge in [-0.15, -0.1) is 0 Å². The summed E-state index contributed by atoms with van der Waals surface area (Å²) in [5, 5.41) is 15.3. The van der Waals surface area contributed by atoms with E-state index in [0.717, 1.165) is 24.1 Å². The Morgan fingerprint density at radius 3 is 2.42 bits per heavy atom. The number of anilines is 2. The lowest BCUT2D eigenvalue weighted by Gasteiger charge is -2.38. The predicted molar refractivity (Wildman–Crippen MR) is 126 cm³/mol. The van der Waals surface area contributed by atoms with Crippen LogP contribution in [0, 0.1) is 11.6 Å². The van der Waals surface area contributed by atoms with Crippen LogP contribution in [0.1, 0.15) is 46.8 Å². The SMILES string of the molecule is O=C1NCc2nc(-c3c(F)cccc3F)nc(Nc3ccc([C@@H]4CCN([C@H]5C[C@@H](O)C5)C4=O)cc3)c21. The van der Waals surface area contributed by atoms with Crippen LogP contribution in [-0.4, -0.2) is 50.5 Å². The quantitative estimate of drug-likeness (QED) is 0.506. The molecule has 0 spiro atoms. The lowest BCUT2D eigenvalue weighted by Crippen LogP contribution is -2.48. The highest BCUT2D eigenvalue weighted by atomic mass is 19.1. The van der Waals surface area contributed by atoms with Gasteiger partial charge in [-0.2, -0.15) is 0 Å². The van der Waals surface area contributed by atoms with E-state index in [4.69, 9.17) is 0 Å². The Bertz CT molecular complexity index is 1350. The molecule has 1 atom stereocenters. The van der Waals surface area contributed by atoms with Crippen LogP contribution in [0.15, 0.2) is 42.5 Å². The van der Waals surface area contributed by atoms with Gasteiger partial charge in [0.15, 0.2) is 5.82 Å². The largest absolute Gasteiger partial charge is 0.393 e. The minimum atomic E-state index is -0.797. The van der Waals surface area contributed by atoms with Gasteiger partial charge in [-0.05, 0) is 49.1 Å². The lowest BCUT2D eigenvalue weighted by atomic mass is 9.88. The first-order valence-electron chi connectivity index (χ1n) is 11.9. The fraction of sp³-hybridized carbons (Fsp3) is 0.308. The second-order valence-electron chi connectivity index (χ2n) is 9.40. The zero-order valence-corrected chi connectivity index (χ0v) is 19.2. The molecule has 3 heterocycles. The summed E-state index contributed by atoms with van der Waals surface area (Å²) in [6, 6.07) is 10.9. The van der Waals surface area contributed by atoms with Crippen molar-refractivity contribution in [2.45, 2.75) is 43.9 Å². The molecule has 2 fully saturated rings. The first-order chi connectivity index (χ1) is 17.4. The van der Waals surface area contributed by atoms with Gasteiger partial charge in [-0.25, -0.2) is 18.7 Å². The molecule has 6 rings (SSSR count). The minimum Gasteiger partial charge on any atom is -0.393 e. The van der Waals surface area contributed by atoms with E-state index in [0.29, 0.717) is 30.8 Å². The summed E-state index contributed by atoms with van der Waals surface area (Å²) in [7, 11) is 0. The van der Waals surface area contributed by atoms with Crippen LogP contribution in [-0.2, 0) is 11.3 Å². The number of nitrogens with one attached hydrogen (secondary N) is 2. The monoisotopic (exact) mass is 491 g/mol. The van der Waals surface area contributed by atoms with E-state index in [-0.39, 0.29) is 59.2 Å². The fourth-order valence-electron chi connectivity index (χ4n) is 5.16. The van der Waals surface area contributed by atoms with E-state index in [9.17, 15) is 23.5 Å². The summed E-state index contributed by atoms with van der Waals surface area (Å²) in [6.45, 7) is 0.810. The van der Waals surface area contributed by atoms with E-state index in [1.165, 1.54) is 6.07 Å². The number of nitrogens with zero attached hydrogens (tertiary/aromatic N) is 3. The Morgan fingerprint density at radius 1 is 1.00 bits per heavy atom. The van der Waals surface area contributed by atoms with Crippen LogP contribution in [0.25, 0.3) is 11.4 Å². The van der Waals surface area contributed by atoms with E-state index < -0.39 is 11.6 Å². The predicted octanol–water partition coefficient (Wildman–Crippen LogP) is 3.25. The van der Waals surface area contributed by atoms with Gasteiger partial charge in [-0.1, -0.05) is 18.2 Å². The molecule has 3 aromatic rings. The molecule has 3 aliphatic rings. The third-order valence-corrected chi connectivity index (χ3v) is 7.16. The van der Waals surface area contributed by atoms with E-state index in [1.54, 1.807) is 12.1 Å². The number of amides is 2. The fourth-order valence-corrected chi connectivity index (χ4v) is 5.16. The van der Waals surface area contributed by atoms with Crippen molar-refractivity contribution in [2.24, 2.45) is 0 Å². The number of aliphatic hydroxyl groups excluding tert-OH is 1. The van der Waals surface area contributed by atoms with Crippen molar-refractivity contribution in [3.63, 3.8) is 0 Å². The van der Waals surface area contributed by atoms with Crippen LogP contribution in [0.3, 0.4) is 0 Å². The minimum absolute atomic E-state index is 0.0782. The molecule has 1 aliphatic carbocycles. The van der Waals surface area contributed by atoms with Crippen LogP contribution >= 0.6 is 0 Å². The first kappa shape index (κ1) is 22.5. The number of fused-ring (bicyclic) bond motifs is 1. The van der Waals surface area contributed by atoms with Crippen LogP contribution in [0.5, 0.6) is 0 Å². The topological polar surface area (TPSA) is 107 Å². The van der Waals surface area contributed by atoms with Gasteiger partial charge >= 0.3 is 0 Å². The average Bonchev–Trinajstić information content (AvgIpc) is 3.40. The van der Waals surface area contributed by atoms with Gasteiger partial charge in [0.2, 0.25) is 5.91 Å². The molecule has 3 N–H and O–H groups in total. The van der Waals surface area contributed by atoms with Crippen molar-refractivity contribution >= 4 is 23.3 Å². The molecule has 0 radical (unpaired) electrons. The zero-order chi connectivity index (χ0) is 25.0. The van der Waals surface area contributed by atoms with E-state index in [2.05, 4.69) is 20.6 Å².